The molecule has 0 unspecified atom stereocenters. The summed E-state index contributed by atoms with van der Waals surface area (Å²) in [5.74, 6) is -0.166. The number of hydrogen-bond acceptors (Lipinski definition) is 4. The second-order valence-corrected chi connectivity index (χ2v) is 4.08. The van der Waals surface area contributed by atoms with Gasteiger partial charge in [-0.1, -0.05) is 0 Å². The highest BCUT2D eigenvalue weighted by atomic mass is 16.1. The van der Waals surface area contributed by atoms with E-state index in [-0.39, 0.29) is 5.91 Å². The van der Waals surface area contributed by atoms with Crippen molar-refractivity contribution < 1.29 is 4.79 Å². The fourth-order valence-electron chi connectivity index (χ4n) is 1.75. The Kier molecular flexibility index (Phi) is 3.20. The van der Waals surface area contributed by atoms with Crippen molar-refractivity contribution in [3.05, 3.63) is 67.0 Å². The number of anilines is 1. The molecule has 20 heavy (non-hydrogen) atoms. The van der Waals surface area contributed by atoms with Crippen molar-refractivity contribution in [3.63, 3.8) is 0 Å². The van der Waals surface area contributed by atoms with Crippen molar-refractivity contribution in [1.82, 2.24) is 19.7 Å². The van der Waals surface area contributed by atoms with E-state index in [0.717, 1.165) is 11.4 Å². The largest absolute Gasteiger partial charge is 0.322 e. The second kappa shape index (κ2) is 5.31. The standard InChI is InChI=1S/C14H11N5O/c20-14(11-5-7-15-8-6-11)18-12-1-3-13(4-2-12)19-10-16-9-17-19/h1-10H,(H,18,20). The van der Waals surface area contributed by atoms with Gasteiger partial charge in [0, 0.05) is 23.6 Å². The Labute approximate surface area is 115 Å². The van der Waals surface area contributed by atoms with Gasteiger partial charge < -0.3 is 5.32 Å². The molecule has 1 aromatic carbocycles. The Morgan fingerprint density at radius 1 is 1.00 bits per heavy atom. The van der Waals surface area contributed by atoms with E-state index in [1.165, 1.54) is 6.33 Å². The van der Waals surface area contributed by atoms with Crippen molar-refractivity contribution in [2.75, 3.05) is 5.32 Å². The van der Waals surface area contributed by atoms with Gasteiger partial charge in [0.15, 0.2) is 0 Å². The molecule has 3 rings (SSSR count). The summed E-state index contributed by atoms with van der Waals surface area (Å²) in [7, 11) is 0. The quantitative estimate of drug-likeness (QED) is 0.785. The second-order valence-electron chi connectivity index (χ2n) is 4.08. The molecule has 3 aromatic rings. The third kappa shape index (κ3) is 2.54. The maximum atomic E-state index is 12.0. The molecule has 0 saturated carbocycles. The molecular formula is C14H11N5O. The molecule has 98 valence electrons. The van der Waals surface area contributed by atoms with Crippen LogP contribution < -0.4 is 5.32 Å². The van der Waals surface area contributed by atoms with E-state index in [1.807, 2.05) is 24.3 Å². The molecule has 0 aliphatic carbocycles. The average Bonchev–Trinajstić information content (AvgIpc) is 3.03. The third-order valence-corrected chi connectivity index (χ3v) is 2.75. The predicted molar refractivity (Wildman–Crippen MR) is 73.5 cm³/mol. The highest BCUT2D eigenvalue weighted by molar-refractivity contribution is 6.04. The summed E-state index contributed by atoms with van der Waals surface area (Å²) in [6.45, 7) is 0. The molecular weight excluding hydrogens is 254 g/mol. The Bertz CT molecular complexity index is 692. The Balaban J connectivity index is 1.74. The molecule has 0 fully saturated rings. The molecule has 0 bridgehead atoms. The van der Waals surface area contributed by atoms with Crippen molar-refractivity contribution in [3.8, 4) is 5.69 Å². The van der Waals surface area contributed by atoms with Crippen LogP contribution >= 0.6 is 0 Å². The Hall–Kier alpha value is -3.02. The number of carbonyl (C=O) groups excluding carboxylic acids is 1. The van der Waals surface area contributed by atoms with Crippen LogP contribution in [0.15, 0.2) is 61.4 Å². The van der Waals surface area contributed by atoms with Crippen LogP contribution in [-0.4, -0.2) is 25.7 Å². The normalized spacial score (nSPS) is 10.2. The zero-order valence-corrected chi connectivity index (χ0v) is 10.5. The van der Waals surface area contributed by atoms with E-state index in [4.69, 9.17) is 0 Å². The molecule has 1 amide bonds. The van der Waals surface area contributed by atoms with Crippen molar-refractivity contribution >= 4 is 11.6 Å². The lowest BCUT2D eigenvalue weighted by Gasteiger charge is -2.06. The molecule has 0 spiro atoms. The van der Waals surface area contributed by atoms with Gasteiger partial charge in [-0.3, -0.25) is 9.78 Å². The minimum Gasteiger partial charge on any atom is -0.322 e. The zero-order chi connectivity index (χ0) is 13.8. The van der Waals surface area contributed by atoms with Crippen LogP contribution in [0.25, 0.3) is 5.69 Å². The van der Waals surface area contributed by atoms with Crippen LogP contribution in [0, 0.1) is 0 Å². The van der Waals surface area contributed by atoms with E-state index in [9.17, 15) is 4.79 Å². The fraction of sp³-hybridized carbons (Fsp3) is 0. The molecule has 6 nitrogen and oxygen atoms in total. The molecule has 0 radical (unpaired) electrons. The molecule has 0 saturated heterocycles. The van der Waals surface area contributed by atoms with E-state index < -0.39 is 0 Å². The lowest BCUT2D eigenvalue weighted by Crippen LogP contribution is -2.11. The average molecular weight is 265 g/mol. The first kappa shape index (κ1) is 12.0. The van der Waals surface area contributed by atoms with Crippen molar-refractivity contribution in [2.45, 2.75) is 0 Å². The van der Waals surface area contributed by atoms with Crippen LogP contribution in [0.4, 0.5) is 5.69 Å². The van der Waals surface area contributed by atoms with E-state index in [0.29, 0.717) is 5.56 Å². The van der Waals surface area contributed by atoms with Crippen LogP contribution in [0.3, 0.4) is 0 Å². The number of rotatable bonds is 3. The maximum Gasteiger partial charge on any atom is 0.255 e. The van der Waals surface area contributed by atoms with E-state index >= 15 is 0 Å². The summed E-state index contributed by atoms with van der Waals surface area (Å²) >= 11 is 0. The molecule has 6 heteroatoms. The molecule has 2 aromatic heterocycles. The van der Waals surface area contributed by atoms with Crippen LogP contribution in [0.5, 0.6) is 0 Å². The summed E-state index contributed by atoms with van der Waals surface area (Å²) in [5, 5.41) is 6.85. The van der Waals surface area contributed by atoms with E-state index in [1.54, 1.807) is 35.5 Å². The summed E-state index contributed by atoms with van der Waals surface area (Å²) in [5.41, 5.74) is 2.17. The number of aromatic nitrogens is 4. The van der Waals surface area contributed by atoms with Crippen LogP contribution in [0.2, 0.25) is 0 Å². The van der Waals surface area contributed by atoms with Gasteiger partial charge in [-0.05, 0) is 36.4 Å². The summed E-state index contributed by atoms with van der Waals surface area (Å²) < 4.78 is 1.65. The molecule has 0 aliphatic rings. The van der Waals surface area contributed by atoms with Gasteiger partial charge in [-0.15, -0.1) is 0 Å². The van der Waals surface area contributed by atoms with Gasteiger partial charge in [0.05, 0.1) is 5.69 Å². The van der Waals surface area contributed by atoms with Gasteiger partial charge in [0.25, 0.3) is 5.91 Å². The fourth-order valence-corrected chi connectivity index (χ4v) is 1.75. The minimum absolute atomic E-state index is 0.166. The van der Waals surface area contributed by atoms with Gasteiger partial charge >= 0.3 is 0 Å². The lowest BCUT2D eigenvalue weighted by atomic mass is 10.2. The highest BCUT2D eigenvalue weighted by Gasteiger charge is 2.05. The SMILES string of the molecule is O=C(Nc1ccc(-n2cncn2)cc1)c1ccncc1. The maximum absolute atomic E-state index is 12.0. The van der Waals surface area contributed by atoms with Gasteiger partial charge in [0.2, 0.25) is 0 Å². The first-order chi connectivity index (χ1) is 9.83. The molecule has 1 N–H and O–H groups in total. The Morgan fingerprint density at radius 2 is 1.75 bits per heavy atom. The summed E-state index contributed by atoms with van der Waals surface area (Å²) in [6.07, 6.45) is 6.26. The minimum atomic E-state index is -0.166. The number of amides is 1. The first-order valence-corrected chi connectivity index (χ1v) is 5.99. The number of nitrogens with one attached hydrogen (secondary N) is 1. The first-order valence-electron chi connectivity index (χ1n) is 5.99. The molecule has 0 atom stereocenters. The lowest BCUT2D eigenvalue weighted by molar-refractivity contribution is 0.102. The highest BCUT2D eigenvalue weighted by Crippen LogP contribution is 2.13. The monoisotopic (exact) mass is 265 g/mol. The molecule has 0 aliphatic heterocycles. The number of carbonyl (C=O) groups is 1. The number of pyridine rings is 1. The predicted octanol–water partition coefficient (Wildman–Crippen LogP) is 1.91. The van der Waals surface area contributed by atoms with E-state index in [2.05, 4.69) is 20.4 Å². The number of benzene rings is 1. The summed E-state index contributed by atoms with van der Waals surface area (Å²) in [4.78, 5) is 19.7. The van der Waals surface area contributed by atoms with Gasteiger partial charge in [0.1, 0.15) is 12.7 Å². The van der Waals surface area contributed by atoms with Crippen LogP contribution in [-0.2, 0) is 0 Å². The van der Waals surface area contributed by atoms with Gasteiger partial charge in [-0.25, -0.2) is 9.67 Å². The van der Waals surface area contributed by atoms with Crippen molar-refractivity contribution in [1.29, 1.82) is 0 Å². The molecule has 2 heterocycles. The third-order valence-electron chi connectivity index (χ3n) is 2.75. The zero-order valence-electron chi connectivity index (χ0n) is 10.5. The summed E-state index contributed by atoms with van der Waals surface area (Å²) in [6, 6.07) is 10.7. The van der Waals surface area contributed by atoms with Gasteiger partial charge in [-0.2, -0.15) is 5.10 Å². The topological polar surface area (TPSA) is 72.7 Å². The number of hydrogen-bond donors (Lipinski definition) is 1. The van der Waals surface area contributed by atoms with Crippen molar-refractivity contribution in [2.24, 2.45) is 0 Å². The smallest absolute Gasteiger partial charge is 0.255 e. The van der Waals surface area contributed by atoms with Crippen LogP contribution in [0.1, 0.15) is 10.4 Å². The Morgan fingerprint density at radius 3 is 2.40 bits per heavy atom. The number of nitrogens with zero attached hydrogens (tertiary/aromatic N) is 4.